The average Bonchev–Trinajstić information content (AvgIpc) is 2.48. The van der Waals surface area contributed by atoms with Crippen LogP contribution in [0.3, 0.4) is 0 Å². The van der Waals surface area contributed by atoms with Crippen molar-refractivity contribution >= 4 is 11.9 Å². The Morgan fingerprint density at radius 1 is 1.40 bits per heavy atom. The SMILES string of the molecule is CCCC(=O)N(CC)c1nc(C)c(C)o1. The van der Waals surface area contributed by atoms with Crippen molar-refractivity contribution in [2.45, 2.75) is 40.5 Å². The molecule has 1 aromatic heterocycles. The maximum Gasteiger partial charge on any atom is 0.304 e. The number of oxazole rings is 1. The van der Waals surface area contributed by atoms with Gasteiger partial charge in [-0.1, -0.05) is 6.92 Å². The molecule has 0 spiro atoms. The van der Waals surface area contributed by atoms with Crippen molar-refractivity contribution in [1.29, 1.82) is 0 Å². The van der Waals surface area contributed by atoms with Crippen molar-refractivity contribution in [3.05, 3.63) is 11.5 Å². The van der Waals surface area contributed by atoms with E-state index in [-0.39, 0.29) is 5.91 Å². The fourth-order valence-corrected chi connectivity index (χ4v) is 1.34. The number of aromatic nitrogens is 1. The van der Waals surface area contributed by atoms with Crippen molar-refractivity contribution in [3.63, 3.8) is 0 Å². The summed E-state index contributed by atoms with van der Waals surface area (Å²) < 4.78 is 5.43. The van der Waals surface area contributed by atoms with Crippen LogP contribution in [0, 0.1) is 13.8 Å². The van der Waals surface area contributed by atoms with Crippen LogP contribution >= 0.6 is 0 Å². The molecule has 0 aliphatic rings. The molecule has 84 valence electrons. The maximum atomic E-state index is 11.7. The zero-order valence-electron chi connectivity index (χ0n) is 9.83. The number of aryl methyl sites for hydroxylation is 2. The molecule has 0 bridgehead atoms. The quantitative estimate of drug-likeness (QED) is 0.766. The number of anilines is 1. The summed E-state index contributed by atoms with van der Waals surface area (Å²) in [5.74, 6) is 0.842. The molecule has 0 saturated carbocycles. The molecule has 0 aliphatic heterocycles. The van der Waals surface area contributed by atoms with Gasteiger partial charge in [-0.15, -0.1) is 0 Å². The summed E-state index contributed by atoms with van der Waals surface area (Å²) >= 11 is 0. The van der Waals surface area contributed by atoms with Crippen LogP contribution in [0.4, 0.5) is 6.01 Å². The normalized spacial score (nSPS) is 10.4. The number of rotatable bonds is 4. The van der Waals surface area contributed by atoms with Gasteiger partial charge in [0.25, 0.3) is 0 Å². The zero-order valence-corrected chi connectivity index (χ0v) is 9.83. The maximum absolute atomic E-state index is 11.7. The number of carbonyl (C=O) groups is 1. The first kappa shape index (κ1) is 11.8. The van der Waals surface area contributed by atoms with E-state index < -0.39 is 0 Å². The summed E-state index contributed by atoms with van der Waals surface area (Å²) in [4.78, 5) is 17.5. The van der Waals surface area contributed by atoms with Crippen LogP contribution in [-0.2, 0) is 4.79 Å². The molecular weight excluding hydrogens is 192 g/mol. The van der Waals surface area contributed by atoms with Crippen molar-refractivity contribution < 1.29 is 9.21 Å². The highest BCUT2D eigenvalue weighted by atomic mass is 16.4. The molecule has 0 aromatic carbocycles. The molecule has 0 saturated heterocycles. The first-order valence-electron chi connectivity index (χ1n) is 5.34. The first-order valence-corrected chi connectivity index (χ1v) is 5.34. The zero-order chi connectivity index (χ0) is 11.4. The Bertz CT molecular complexity index is 325. The lowest BCUT2D eigenvalue weighted by Gasteiger charge is -2.15. The minimum atomic E-state index is 0.0706. The molecule has 0 aliphatic carbocycles. The van der Waals surface area contributed by atoms with Crippen LogP contribution in [0.15, 0.2) is 4.42 Å². The van der Waals surface area contributed by atoms with E-state index in [0.29, 0.717) is 19.0 Å². The van der Waals surface area contributed by atoms with E-state index in [1.54, 1.807) is 4.90 Å². The number of carbonyl (C=O) groups excluding carboxylic acids is 1. The Kier molecular flexibility index (Phi) is 3.88. The third kappa shape index (κ3) is 2.58. The van der Waals surface area contributed by atoms with Crippen molar-refractivity contribution in [3.8, 4) is 0 Å². The summed E-state index contributed by atoms with van der Waals surface area (Å²) in [6, 6.07) is 0.422. The molecule has 4 heteroatoms. The summed E-state index contributed by atoms with van der Waals surface area (Å²) in [5, 5.41) is 0. The Morgan fingerprint density at radius 2 is 2.07 bits per heavy atom. The molecule has 1 heterocycles. The first-order chi connectivity index (χ1) is 7.10. The van der Waals surface area contributed by atoms with Crippen molar-refractivity contribution in [2.24, 2.45) is 0 Å². The molecule has 1 amide bonds. The highest BCUT2D eigenvalue weighted by molar-refractivity contribution is 5.91. The van der Waals surface area contributed by atoms with Gasteiger partial charge in [-0.3, -0.25) is 9.69 Å². The predicted molar refractivity (Wildman–Crippen MR) is 58.9 cm³/mol. The summed E-state index contributed by atoms with van der Waals surface area (Å²) in [7, 11) is 0. The molecule has 4 nitrogen and oxygen atoms in total. The fourth-order valence-electron chi connectivity index (χ4n) is 1.34. The highest BCUT2D eigenvalue weighted by Gasteiger charge is 2.18. The molecule has 0 radical (unpaired) electrons. The van der Waals surface area contributed by atoms with Gasteiger partial charge >= 0.3 is 6.01 Å². The molecule has 0 N–H and O–H groups in total. The highest BCUT2D eigenvalue weighted by Crippen LogP contribution is 2.18. The van der Waals surface area contributed by atoms with Gasteiger partial charge in [0.2, 0.25) is 5.91 Å². The molecule has 1 rings (SSSR count). The van der Waals surface area contributed by atoms with Crippen LogP contribution in [-0.4, -0.2) is 17.4 Å². The largest absolute Gasteiger partial charge is 0.428 e. The van der Waals surface area contributed by atoms with Gasteiger partial charge in [0.1, 0.15) is 5.76 Å². The molecule has 15 heavy (non-hydrogen) atoms. The van der Waals surface area contributed by atoms with Crippen molar-refractivity contribution in [1.82, 2.24) is 4.98 Å². The smallest absolute Gasteiger partial charge is 0.304 e. The van der Waals surface area contributed by atoms with E-state index in [2.05, 4.69) is 4.98 Å². The van der Waals surface area contributed by atoms with E-state index in [9.17, 15) is 4.79 Å². The second kappa shape index (κ2) is 4.96. The summed E-state index contributed by atoms with van der Waals surface area (Å²) in [6.45, 7) is 8.23. The lowest BCUT2D eigenvalue weighted by molar-refractivity contribution is -0.118. The molecule has 0 fully saturated rings. The standard InChI is InChI=1S/C11H18N2O2/c1-5-7-10(14)13(6-2)11-12-8(3)9(4)15-11/h5-7H2,1-4H3. The van der Waals surface area contributed by atoms with Crippen LogP contribution in [0.1, 0.15) is 38.1 Å². The predicted octanol–water partition coefficient (Wildman–Crippen LogP) is 2.44. The third-order valence-electron chi connectivity index (χ3n) is 2.33. The van der Waals surface area contributed by atoms with E-state index in [0.717, 1.165) is 17.9 Å². The lowest BCUT2D eigenvalue weighted by Crippen LogP contribution is -2.30. The van der Waals surface area contributed by atoms with Crippen LogP contribution in [0.5, 0.6) is 0 Å². The van der Waals surface area contributed by atoms with E-state index in [1.165, 1.54) is 0 Å². The number of hydrogen-bond donors (Lipinski definition) is 0. The summed E-state index contributed by atoms with van der Waals surface area (Å²) in [6.07, 6.45) is 1.38. The van der Waals surface area contributed by atoms with Gasteiger partial charge in [-0.2, -0.15) is 4.98 Å². The fraction of sp³-hybridized carbons (Fsp3) is 0.636. The average molecular weight is 210 g/mol. The van der Waals surface area contributed by atoms with Crippen LogP contribution < -0.4 is 4.90 Å². The second-order valence-electron chi connectivity index (χ2n) is 3.53. The molecule has 0 unspecified atom stereocenters. The third-order valence-corrected chi connectivity index (χ3v) is 2.33. The Balaban J connectivity index is 2.87. The van der Waals surface area contributed by atoms with Gasteiger partial charge in [0.15, 0.2) is 0 Å². The topological polar surface area (TPSA) is 46.3 Å². The van der Waals surface area contributed by atoms with E-state index in [1.807, 2.05) is 27.7 Å². The van der Waals surface area contributed by atoms with Crippen molar-refractivity contribution in [2.75, 3.05) is 11.4 Å². The van der Waals surface area contributed by atoms with Gasteiger partial charge in [0.05, 0.1) is 5.69 Å². The van der Waals surface area contributed by atoms with E-state index >= 15 is 0 Å². The number of nitrogens with zero attached hydrogens (tertiary/aromatic N) is 2. The van der Waals surface area contributed by atoms with Gasteiger partial charge in [0, 0.05) is 13.0 Å². The monoisotopic (exact) mass is 210 g/mol. The number of hydrogen-bond acceptors (Lipinski definition) is 3. The summed E-state index contributed by atoms with van der Waals surface area (Å²) in [5.41, 5.74) is 0.841. The van der Waals surface area contributed by atoms with Gasteiger partial charge < -0.3 is 4.42 Å². The van der Waals surface area contributed by atoms with Gasteiger partial charge in [-0.05, 0) is 27.2 Å². The molecule has 1 aromatic rings. The number of amides is 1. The second-order valence-corrected chi connectivity index (χ2v) is 3.53. The Hall–Kier alpha value is -1.32. The van der Waals surface area contributed by atoms with Crippen LogP contribution in [0.25, 0.3) is 0 Å². The Morgan fingerprint density at radius 3 is 2.47 bits per heavy atom. The van der Waals surface area contributed by atoms with E-state index in [4.69, 9.17) is 4.42 Å². The molecule has 0 atom stereocenters. The Labute approximate surface area is 90.3 Å². The lowest BCUT2D eigenvalue weighted by atomic mass is 10.3. The minimum Gasteiger partial charge on any atom is -0.428 e. The minimum absolute atomic E-state index is 0.0706. The van der Waals surface area contributed by atoms with Crippen LogP contribution in [0.2, 0.25) is 0 Å². The van der Waals surface area contributed by atoms with Gasteiger partial charge in [-0.25, -0.2) is 0 Å². The molecular formula is C11H18N2O2.